The predicted octanol–water partition coefficient (Wildman–Crippen LogP) is 6.12. The second-order valence-corrected chi connectivity index (χ2v) is 15.8. The molecule has 0 fully saturated rings. The van der Waals surface area contributed by atoms with E-state index in [1.54, 1.807) is 6.92 Å². The molecule has 0 bridgehead atoms. The van der Waals surface area contributed by atoms with Crippen molar-refractivity contribution in [2.75, 3.05) is 40.9 Å². The fourth-order valence-corrected chi connectivity index (χ4v) is 8.24. The zero-order valence-corrected chi connectivity index (χ0v) is 31.4. The summed E-state index contributed by atoms with van der Waals surface area (Å²) in [7, 11) is -8.21. The van der Waals surface area contributed by atoms with Crippen molar-refractivity contribution < 1.29 is 30.2 Å². The van der Waals surface area contributed by atoms with Crippen LogP contribution in [0.4, 0.5) is 11.4 Å². The first kappa shape index (κ1) is 37.2. The molecule has 11 nitrogen and oxygen atoms in total. The van der Waals surface area contributed by atoms with Gasteiger partial charge in [-0.1, -0.05) is 73.7 Å². The van der Waals surface area contributed by atoms with Crippen LogP contribution in [0.15, 0.2) is 103 Å². The molecular formula is C39H45N5O6S2. The van der Waals surface area contributed by atoms with E-state index >= 15 is 0 Å². The molecule has 0 amide bonds. The van der Waals surface area contributed by atoms with Crippen molar-refractivity contribution in [2.24, 2.45) is 0 Å². The van der Waals surface area contributed by atoms with E-state index in [4.69, 9.17) is 4.28 Å². The van der Waals surface area contributed by atoms with E-state index in [9.17, 15) is 21.4 Å². The minimum Gasteiger partial charge on any atom is -0.748 e. The Morgan fingerprint density at radius 3 is 1.98 bits per heavy atom. The summed E-state index contributed by atoms with van der Waals surface area (Å²) in [5.74, 6) is 1.05. The first-order chi connectivity index (χ1) is 25.0. The second-order valence-electron chi connectivity index (χ2n) is 12.6. The van der Waals surface area contributed by atoms with E-state index in [0.29, 0.717) is 39.1 Å². The fraction of sp³-hybridized carbons (Fsp3) is 0.308. The van der Waals surface area contributed by atoms with Gasteiger partial charge in [0.1, 0.15) is 5.82 Å². The third-order valence-electron chi connectivity index (χ3n) is 9.21. The Morgan fingerprint density at radius 2 is 1.37 bits per heavy atom. The van der Waals surface area contributed by atoms with E-state index in [-0.39, 0.29) is 12.2 Å². The fourth-order valence-electron chi connectivity index (χ4n) is 6.89. The Bertz CT molecular complexity index is 2270. The summed E-state index contributed by atoms with van der Waals surface area (Å²) in [6.45, 7) is 8.24. The van der Waals surface area contributed by atoms with Gasteiger partial charge >= 0.3 is 0 Å². The van der Waals surface area contributed by atoms with Crippen molar-refractivity contribution >= 4 is 48.7 Å². The molecule has 13 heteroatoms. The number of fused-ring (bicyclic) bond motifs is 2. The lowest BCUT2D eigenvalue weighted by Gasteiger charge is -2.24. The molecule has 0 saturated carbocycles. The predicted molar refractivity (Wildman–Crippen MR) is 206 cm³/mol. The molecule has 4 aromatic carbocycles. The van der Waals surface area contributed by atoms with E-state index in [1.165, 1.54) is 0 Å². The van der Waals surface area contributed by atoms with Crippen LogP contribution in [0, 0.1) is 0 Å². The minimum absolute atomic E-state index is 0.149. The molecule has 6 rings (SSSR count). The van der Waals surface area contributed by atoms with Crippen LogP contribution >= 0.6 is 0 Å². The van der Waals surface area contributed by atoms with E-state index < -0.39 is 26.0 Å². The topological polar surface area (TPSA) is 128 Å². The molecule has 1 N–H and O–H groups in total. The number of anilines is 2. The third kappa shape index (κ3) is 8.24. The van der Waals surface area contributed by atoms with Crippen molar-refractivity contribution in [3.05, 3.63) is 109 Å². The molecule has 274 valence electrons. The Balaban J connectivity index is 1.51. The molecule has 0 unspecified atom stereocenters. The lowest BCUT2D eigenvalue weighted by Crippen LogP contribution is -2.37. The number of aryl methyl sites for hydroxylation is 2. The van der Waals surface area contributed by atoms with E-state index in [1.807, 2.05) is 36.4 Å². The minimum atomic E-state index is -4.41. The van der Waals surface area contributed by atoms with Crippen LogP contribution in [-0.2, 0) is 37.6 Å². The number of benzene rings is 4. The van der Waals surface area contributed by atoms with Crippen LogP contribution in [-0.4, -0.2) is 57.1 Å². The molecule has 0 aliphatic carbocycles. The number of imidazole rings is 1. The molecule has 1 aliphatic rings. The molecule has 2 heterocycles. The van der Waals surface area contributed by atoms with Gasteiger partial charge in [-0.05, 0) is 79.3 Å². The van der Waals surface area contributed by atoms with Crippen LogP contribution in [0.5, 0.6) is 0 Å². The monoisotopic (exact) mass is 743 g/mol. The van der Waals surface area contributed by atoms with Gasteiger partial charge in [0, 0.05) is 25.4 Å². The summed E-state index contributed by atoms with van der Waals surface area (Å²) in [6.07, 6.45) is 2.56. The van der Waals surface area contributed by atoms with Crippen LogP contribution in [0.25, 0.3) is 39.4 Å². The first-order valence-corrected chi connectivity index (χ1v) is 20.8. The number of nitrogens with one attached hydrogen (secondary N) is 1. The summed E-state index contributed by atoms with van der Waals surface area (Å²) in [6, 6.07) is 32.8. The molecule has 0 radical (unpaired) electrons. The number of nitrogens with zero attached hydrogens (tertiary/aromatic N) is 4. The lowest BCUT2D eigenvalue weighted by atomic mass is 10.0. The Labute approximate surface area is 306 Å². The third-order valence-corrected chi connectivity index (χ3v) is 11.2. The van der Waals surface area contributed by atoms with Crippen molar-refractivity contribution in [2.45, 2.75) is 46.7 Å². The number of hydrogen-bond donors (Lipinski definition) is 1. The van der Waals surface area contributed by atoms with Gasteiger partial charge in [0.05, 0.1) is 46.4 Å². The van der Waals surface area contributed by atoms with E-state index in [0.717, 1.165) is 56.3 Å². The van der Waals surface area contributed by atoms with Crippen LogP contribution in [0.2, 0.25) is 0 Å². The Morgan fingerprint density at radius 1 is 0.731 bits per heavy atom. The first-order valence-electron chi connectivity index (χ1n) is 17.7. The van der Waals surface area contributed by atoms with Crippen molar-refractivity contribution in [3.63, 3.8) is 0 Å². The van der Waals surface area contributed by atoms with Gasteiger partial charge in [0.15, 0.2) is 11.0 Å². The van der Waals surface area contributed by atoms with Gasteiger partial charge in [0.25, 0.3) is 15.9 Å². The molecule has 1 aliphatic heterocycles. The van der Waals surface area contributed by atoms with Crippen molar-refractivity contribution in [1.82, 2.24) is 10.0 Å². The summed E-state index contributed by atoms with van der Waals surface area (Å²) >= 11 is 0. The highest BCUT2D eigenvalue weighted by Crippen LogP contribution is 2.44. The largest absolute Gasteiger partial charge is 0.748 e. The maximum Gasteiger partial charge on any atom is 0.286 e. The highest BCUT2D eigenvalue weighted by Gasteiger charge is 2.34. The number of hydroxylamine groups is 1. The highest BCUT2D eigenvalue weighted by atomic mass is 32.2. The zero-order valence-electron chi connectivity index (χ0n) is 29.7. The van der Waals surface area contributed by atoms with Crippen LogP contribution in [0.3, 0.4) is 0 Å². The van der Waals surface area contributed by atoms with Gasteiger partial charge in [-0.25, -0.2) is 17.6 Å². The number of hydrogen-bond acceptors (Lipinski definition) is 9. The summed E-state index contributed by atoms with van der Waals surface area (Å²) < 4.78 is 69.7. The van der Waals surface area contributed by atoms with Gasteiger partial charge < -0.3 is 14.4 Å². The standard InChI is InChI=1S/C39H45N5O6S2/c1-4-40-50-52(48,49)26-14-24-44-37-28-33(31-17-11-8-12-18-31)20-22-35(37)42(6-3)39(44)29-38-41(5-2)34-21-19-32(30-15-9-7-10-16-30)27-36(34)43(38)23-13-25-51(45,46)47/h7-12,15-22,27-29,40H,4-6,13-14,23-26H2,1-3H3. The molecule has 0 atom stereocenters. The maximum atomic E-state index is 12.7. The molecule has 52 heavy (non-hydrogen) atoms. The zero-order chi connectivity index (χ0) is 36.9. The van der Waals surface area contributed by atoms with Crippen LogP contribution < -0.4 is 19.8 Å². The highest BCUT2D eigenvalue weighted by molar-refractivity contribution is 7.86. The maximum absolute atomic E-state index is 12.7. The average molecular weight is 744 g/mol. The summed E-state index contributed by atoms with van der Waals surface area (Å²) in [4.78, 5) is 4.38. The van der Waals surface area contributed by atoms with Crippen molar-refractivity contribution in [1.29, 1.82) is 0 Å². The SMILES string of the molecule is CCNOS(=O)(=O)CCCN1C(=Cc2n(CCCS(=O)(=O)[O-])c3cc(-c4ccccc4)ccc3[n+]2CC)N(CC)c2ccc(-c3ccccc3)cc21. The summed E-state index contributed by atoms with van der Waals surface area (Å²) in [5, 5.41) is 0. The van der Waals surface area contributed by atoms with E-state index in [2.05, 4.69) is 105 Å². The molecule has 0 spiro atoms. The molecular weight excluding hydrogens is 699 g/mol. The van der Waals surface area contributed by atoms with Crippen molar-refractivity contribution in [3.8, 4) is 22.3 Å². The lowest BCUT2D eigenvalue weighted by molar-refractivity contribution is -0.670. The van der Waals surface area contributed by atoms with Gasteiger partial charge in [-0.3, -0.25) is 0 Å². The molecule has 0 saturated heterocycles. The van der Waals surface area contributed by atoms with Crippen LogP contribution in [0.1, 0.15) is 39.4 Å². The smallest absolute Gasteiger partial charge is 0.286 e. The quantitative estimate of drug-likeness (QED) is 0.0722. The Kier molecular flexibility index (Phi) is 11.5. The van der Waals surface area contributed by atoms with Gasteiger partial charge in [0.2, 0.25) is 0 Å². The molecule has 5 aromatic rings. The summed E-state index contributed by atoms with van der Waals surface area (Å²) in [5.41, 5.74) is 10.5. The number of rotatable bonds is 16. The van der Waals surface area contributed by atoms with Gasteiger partial charge in [-0.15, -0.1) is 0 Å². The van der Waals surface area contributed by atoms with Gasteiger partial charge in [-0.2, -0.15) is 18.2 Å². The average Bonchev–Trinajstić information content (AvgIpc) is 3.60. The molecule has 1 aromatic heterocycles. The normalized spacial score (nSPS) is 14.1. The Hall–Kier alpha value is -4.53. The second kappa shape index (κ2) is 16.0. The number of aromatic nitrogens is 2.